The van der Waals surface area contributed by atoms with Crippen molar-refractivity contribution in [3.63, 3.8) is 0 Å². The van der Waals surface area contributed by atoms with Crippen LogP contribution in [0.5, 0.6) is 0 Å². The number of fused-ring (bicyclic) bond motifs is 1. The van der Waals surface area contributed by atoms with E-state index in [9.17, 15) is 13.2 Å². The standard InChI is InChI=1S/C20H19N3O3S2/c1-28(25,26)23-9-3-6-14-10-13(7-8-18(14)23)17-12-27-20(22-17)16-5-2-4-15(11-16)19(21)24/h2,4-5,7-8,10-12H,3,6,9H2,1H3,(H2,21,24). The Labute approximate surface area is 167 Å². The predicted molar refractivity (Wildman–Crippen MR) is 112 cm³/mol. The summed E-state index contributed by atoms with van der Waals surface area (Å²) in [6, 6.07) is 12.9. The number of nitrogens with zero attached hydrogens (tertiary/aromatic N) is 2. The fourth-order valence-electron chi connectivity index (χ4n) is 3.41. The van der Waals surface area contributed by atoms with Gasteiger partial charge in [0.05, 0.1) is 17.6 Å². The second-order valence-corrected chi connectivity index (χ2v) is 9.53. The van der Waals surface area contributed by atoms with E-state index in [0.29, 0.717) is 12.1 Å². The first-order valence-corrected chi connectivity index (χ1v) is 11.5. The van der Waals surface area contributed by atoms with E-state index in [1.807, 2.05) is 29.6 Å². The molecule has 6 nitrogen and oxygen atoms in total. The molecule has 0 atom stereocenters. The number of nitrogens with two attached hydrogens (primary N) is 1. The predicted octanol–water partition coefficient (Wildman–Crippen LogP) is 3.29. The number of aromatic nitrogens is 1. The fourth-order valence-corrected chi connectivity index (χ4v) is 5.23. The van der Waals surface area contributed by atoms with Gasteiger partial charge in [0.1, 0.15) is 5.01 Å². The maximum Gasteiger partial charge on any atom is 0.248 e. The molecule has 2 N–H and O–H groups in total. The Kier molecular flexibility index (Phi) is 4.68. The number of carbonyl (C=O) groups excluding carboxylic acids is 1. The van der Waals surface area contributed by atoms with E-state index in [1.54, 1.807) is 18.2 Å². The van der Waals surface area contributed by atoms with Crippen LogP contribution in [-0.2, 0) is 16.4 Å². The summed E-state index contributed by atoms with van der Waals surface area (Å²) < 4.78 is 25.5. The molecule has 0 saturated carbocycles. The van der Waals surface area contributed by atoms with Gasteiger partial charge in [0.2, 0.25) is 15.9 Å². The first kappa shape index (κ1) is 18.6. The molecule has 8 heteroatoms. The Balaban J connectivity index is 1.68. The topological polar surface area (TPSA) is 93.4 Å². The monoisotopic (exact) mass is 413 g/mol. The van der Waals surface area contributed by atoms with Crippen LogP contribution >= 0.6 is 11.3 Å². The number of hydrogen-bond acceptors (Lipinski definition) is 5. The number of rotatable bonds is 4. The van der Waals surface area contributed by atoms with Gasteiger partial charge in [-0.25, -0.2) is 13.4 Å². The molecule has 4 rings (SSSR count). The van der Waals surface area contributed by atoms with Gasteiger partial charge >= 0.3 is 0 Å². The van der Waals surface area contributed by atoms with Crippen molar-refractivity contribution in [2.75, 3.05) is 17.1 Å². The highest BCUT2D eigenvalue weighted by Crippen LogP contribution is 2.35. The Morgan fingerprint density at radius 1 is 1.18 bits per heavy atom. The van der Waals surface area contributed by atoms with Gasteiger partial charge in [0.25, 0.3) is 0 Å². The molecule has 0 saturated heterocycles. The number of amides is 1. The van der Waals surface area contributed by atoms with Crippen molar-refractivity contribution in [2.24, 2.45) is 5.73 Å². The number of benzene rings is 2. The summed E-state index contributed by atoms with van der Waals surface area (Å²) in [5, 5.41) is 2.76. The van der Waals surface area contributed by atoms with Crippen LogP contribution in [0.4, 0.5) is 5.69 Å². The minimum atomic E-state index is -3.28. The van der Waals surface area contributed by atoms with Gasteiger partial charge in [-0.15, -0.1) is 11.3 Å². The summed E-state index contributed by atoms with van der Waals surface area (Å²) in [5.74, 6) is -0.469. The van der Waals surface area contributed by atoms with Crippen LogP contribution in [0.15, 0.2) is 47.8 Å². The molecule has 28 heavy (non-hydrogen) atoms. The summed E-state index contributed by atoms with van der Waals surface area (Å²) in [4.78, 5) is 16.1. The molecule has 1 aliphatic rings. The van der Waals surface area contributed by atoms with E-state index in [2.05, 4.69) is 0 Å². The molecule has 1 aliphatic heterocycles. The van der Waals surface area contributed by atoms with Crippen molar-refractivity contribution >= 4 is 33.0 Å². The van der Waals surface area contributed by atoms with Gasteiger partial charge in [0, 0.05) is 28.6 Å². The minimum Gasteiger partial charge on any atom is -0.366 e. The molecule has 0 bridgehead atoms. The van der Waals surface area contributed by atoms with Crippen LogP contribution in [0.25, 0.3) is 21.8 Å². The molecule has 0 radical (unpaired) electrons. The minimum absolute atomic E-state index is 0.448. The van der Waals surface area contributed by atoms with Gasteiger partial charge < -0.3 is 5.73 Å². The number of thiazole rings is 1. The molecule has 2 aromatic carbocycles. The fraction of sp³-hybridized carbons (Fsp3) is 0.200. The van der Waals surface area contributed by atoms with E-state index < -0.39 is 15.9 Å². The van der Waals surface area contributed by atoms with Crippen molar-refractivity contribution in [1.82, 2.24) is 4.98 Å². The van der Waals surface area contributed by atoms with Crippen LogP contribution < -0.4 is 10.0 Å². The normalized spacial score (nSPS) is 14.0. The molecular weight excluding hydrogens is 394 g/mol. The maximum atomic E-state index is 12.0. The summed E-state index contributed by atoms with van der Waals surface area (Å²) in [6.07, 6.45) is 2.88. The molecule has 0 fully saturated rings. The smallest absolute Gasteiger partial charge is 0.248 e. The first-order chi connectivity index (χ1) is 13.3. The third-order valence-corrected chi connectivity index (χ3v) is 6.82. The SMILES string of the molecule is CS(=O)(=O)N1CCCc2cc(-c3csc(-c4cccc(C(N)=O)c4)n3)ccc21. The highest BCUT2D eigenvalue weighted by Gasteiger charge is 2.24. The third-order valence-electron chi connectivity index (χ3n) is 4.75. The summed E-state index contributed by atoms with van der Waals surface area (Å²) in [7, 11) is -3.28. The Bertz CT molecular complexity index is 1170. The molecular formula is C20H19N3O3S2. The zero-order valence-electron chi connectivity index (χ0n) is 15.3. The maximum absolute atomic E-state index is 12.0. The van der Waals surface area contributed by atoms with Crippen LogP contribution in [0.1, 0.15) is 22.3 Å². The van der Waals surface area contributed by atoms with Gasteiger partial charge in [-0.1, -0.05) is 18.2 Å². The summed E-state index contributed by atoms with van der Waals surface area (Å²) in [5.41, 5.74) is 10.2. The van der Waals surface area contributed by atoms with Crippen LogP contribution in [0.3, 0.4) is 0 Å². The van der Waals surface area contributed by atoms with Crippen molar-refractivity contribution in [3.05, 3.63) is 59.0 Å². The van der Waals surface area contributed by atoms with Gasteiger partial charge in [-0.2, -0.15) is 0 Å². The number of hydrogen-bond donors (Lipinski definition) is 1. The van der Waals surface area contributed by atoms with E-state index in [1.165, 1.54) is 21.9 Å². The largest absolute Gasteiger partial charge is 0.366 e. The lowest BCUT2D eigenvalue weighted by Crippen LogP contribution is -2.34. The highest BCUT2D eigenvalue weighted by atomic mass is 32.2. The second-order valence-electron chi connectivity index (χ2n) is 6.77. The lowest BCUT2D eigenvalue weighted by molar-refractivity contribution is 0.100. The second kappa shape index (κ2) is 7.03. The van der Waals surface area contributed by atoms with Crippen LogP contribution in [0, 0.1) is 0 Å². The highest BCUT2D eigenvalue weighted by molar-refractivity contribution is 7.92. The average Bonchev–Trinajstić information content (AvgIpc) is 3.16. The Morgan fingerprint density at radius 3 is 2.75 bits per heavy atom. The molecule has 0 aliphatic carbocycles. The molecule has 1 amide bonds. The van der Waals surface area contributed by atoms with Gasteiger partial charge in [0.15, 0.2) is 0 Å². The van der Waals surface area contributed by atoms with Crippen molar-refractivity contribution < 1.29 is 13.2 Å². The van der Waals surface area contributed by atoms with E-state index in [0.717, 1.165) is 45.9 Å². The third kappa shape index (κ3) is 3.53. The van der Waals surface area contributed by atoms with Crippen molar-refractivity contribution in [3.8, 4) is 21.8 Å². The first-order valence-electron chi connectivity index (χ1n) is 8.80. The van der Waals surface area contributed by atoms with Gasteiger partial charge in [-0.05, 0) is 42.7 Å². The van der Waals surface area contributed by atoms with E-state index in [4.69, 9.17) is 10.7 Å². The summed E-state index contributed by atoms with van der Waals surface area (Å²) in [6.45, 7) is 0.516. The number of aryl methyl sites for hydroxylation is 1. The number of sulfonamides is 1. The molecule has 0 unspecified atom stereocenters. The molecule has 2 heterocycles. The number of primary amides is 1. The van der Waals surface area contributed by atoms with E-state index in [-0.39, 0.29) is 0 Å². The van der Waals surface area contributed by atoms with Crippen LogP contribution in [-0.4, -0.2) is 32.1 Å². The lowest BCUT2D eigenvalue weighted by atomic mass is 10.00. The lowest BCUT2D eigenvalue weighted by Gasteiger charge is -2.29. The van der Waals surface area contributed by atoms with E-state index >= 15 is 0 Å². The molecule has 3 aromatic rings. The zero-order valence-corrected chi connectivity index (χ0v) is 16.9. The molecule has 1 aromatic heterocycles. The molecule has 0 spiro atoms. The Hall–Kier alpha value is -2.71. The average molecular weight is 414 g/mol. The van der Waals surface area contributed by atoms with Crippen molar-refractivity contribution in [2.45, 2.75) is 12.8 Å². The zero-order chi connectivity index (χ0) is 19.9. The summed E-state index contributed by atoms with van der Waals surface area (Å²) >= 11 is 1.49. The van der Waals surface area contributed by atoms with Gasteiger partial charge in [-0.3, -0.25) is 9.10 Å². The Morgan fingerprint density at radius 2 is 2.00 bits per heavy atom. The molecule has 144 valence electrons. The number of anilines is 1. The number of carbonyl (C=O) groups is 1. The van der Waals surface area contributed by atoms with Crippen LogP contribution in [0.2, 0.25) is 0 Å². The van der Waals surface area contributed by atoms with Crippen molar-refractivity contribution in [1.29, 1.82) is 0 Å². The quantitative estimate of drug-likeness (QED) is 0.710.